The Morgan fingerprint density at radius 1 is 1.19 bits per heavy atom. The van der Waals surface area contributed by atoms with Gasteiger partial charge in [0.25, 0.3) is 10.2 Å². The highest BCUT2D eigenvalue weighted by atomic mass is 32.2. The van der Waals surface area contributed by atoms with Crippen molar-refractivity contribution in [3.05, 3.63) is 35.7 Å². The third kappa shape index (κ3) is 4.38. The lowest BCUT2D eigenvalue weighted by atomic mass is 10.1. The molecule has 3 rings (SSSR count). The maximum absolute atomic E-state index is 12.5. The number of aromatic nitrogens is 2. The van der Waals surface area contributed by atoms with Crippen molar-refractivity contribution in [3.8, 4) is 11.4 Å². The summed E-state index contributed by atoms with van der Waals surface area (Å²) in [7, 11) is -3.58. The van der Waals surface area contributed by atoms with Crippen LogP contribution in [0.4, 0.5) is 13.2 Å². The van der Waals surface area contributed by atoms with Gasteiger partial charge in [-0.1, -0.05) is 29.4 Å². The summed E-state index contributed by atoms with van der Waals surface area (Å²) in [5.41, 5.74) is 0.977. The molecule has 0 spiro atoms. The first-order chi connectivity index (χ1) is 12.3. The molecule has 2 aromatic rings. The molecule has 1 saturated heterocycles. The third-order valence-electron chi connectivity index (χ3n) is 3.76. The van der Waals surface area contributed by atoms with E-state index in [0.717, 1.165) is 0 Å². The van der Waals surface area contributed by atoms with Gasteiger partial charge in [-0.2, -0.15) is 35.6 Å². The van der Waals surface area contributed by atoms with Crippen LogP contribution in [0.25, 0.3) is 11.4 Å². The van der Waals surface area contributed by atoms with Crippen LogP contribution in [0, 0.1) is 0 Å². The van der Waals surface area contributed by atoms with Gasteiger partial charge >= 0.3 is 12.1 Å². The van der Waals surface area contributed by atoms with Gasteiger partial charge < -0.3 is 9.84 Å². The van der Waals surface area contributed by atoms with Crippen LogP contribution in [0.1, 0.15) is 11.5 Å². The summed E-state index contributed by atoms with van der Waals surface area (Å²) in [6.45, 7) is 2.05. The van der Waals surface area contributed by atoms with E-state index in [1.165, 1.54) is 16.4 Å². The van der Waals surface area contributed by atoms with E-state index in [1.54, 1.807) is 12.1 Å². The van der Waals surface area contributed by atoms with Gasteiger partial charge in [-0.25, -0.2) is 0 Å². The number of benzene rings is 1. The summed E-state index contributed by atoms with van der Waals surface area (Å²) in [5.74, 6) is -1.61. The van der Waals surface area contributed by atoms with E-state index in [0.29, 0.717) is 37.3 Å². The number of halogens is 3. The summed E-state index contributed by atoms with van der Waals surface area (Å²) < 4.78 is 69.9. The smallest absolute Gasteiger partial charge is 0.329 e. The summed E-state index contributed by atoms with van der Waals surface area (Å²) in [4.78, 5) is 3.30. The van der Waals surface area contributed by atoms with Crippen LogP contribution in [0.5, 0.6) is 0 Å². The number of rotatable bonds is 5. The van der Waals surface area contributed by atoms with Crippen LogP contribution in [0.2, 0.25) is 0 Å². The maximum Gasteiger partial charge on any atom is 0.471 e. The molecule has 1 aliphatic rings. The Morgan fingerprint density at radius 2 is 1.85 bits per heavy atom. The lowest BCUT2D eigenvalue weighted by Gasteiger charge is -2.26. The van der Waals surface area contributed by atoms with Gasteiger partial charge in [0, 0.05) is 38.3 Å². The molecule has 1 aliphatic heterocycles. The van der Waals surface area contributed by atoms with Gasteiger partial charge in [0.1, 0.15) is 0 Å². The third-order valence-corrected chi connectivity index (χ3v) is 5.31. The molecule has 26 heavy (non-hydrogen) atoms. The largest absolute Gasteiger partial charge is 0.471 e. The first-order valence-electron chi connectivity index (χ1n) is 7.71. The standard InChI is InChI=1S/C14H16F3N5O3S/c15-14(16,17)13-20-12(21-25-13)11-3-1-10(2-4-11)9-19-26(23,24)22-7-5-18-6-8-22/h1-4,18-19H,5-9H2. The Balaban J connectivity index is 1.63. The number of nitrogens with one attached hydrogen (secondary N) is 2. The van der Waals surface area contributed by atoms with E-state index in [2.05, 4.69) is 24.7 Å². The van der Waals surface area contributed by atoms with Crippen molar-refractivity contribution in [2.45, 2.75) is 12.7 Å². The molecule has 0 atom stereocenters. The predicted octanol–water partition coefficient (Wildman–Crippen LogP) is 0.995. The highest BCUT2D eigenvalue weighted by Gasteiger charge is 2.38. The Bertz CT molecular complexity index is 845. The highest BCUT2D eigenvalue weighted by molar-refractivity contribution is 7.87. The van der Waals surface area contributed by atoms with Crippen molar-refractivity contribution in [2.75, 3.05) is 26.2 Å². The van der Waals surface area contributed by atoms with Crippen LogP contribution in [-0.2, 0) is 22.9 Å². The van der Waals surface area contributed by atoms with Crippen LogP contribution < -0.4 is 10.0 Å². The van der Waals surface area contributed by atoms with Crippen LogP contribution >= 0.6 is 0 Å². The number of nitrogens with zero attached hydrogens (tertiary/aromatic N) is 3. The van der Waals surface area contributed by atoms with Crippen LogP contribution in [0.3, 0.4) is 0 Å². The van der Waals surface area contributed by atoms with E-state index in [4.69, 9.17) is 0 Å². The zero-order valence-corrected chi connectivity index (χ0v) is 14.3. The van der Waals surface area contributed by atoms with Gasteiger partial charge in [-0.05, 0) is 5.56 Å². The molecule has 142 valence electrons. The first kappa shape index (κ1) is 18.8. The minimum atomic E-state index is -4.70. The minimum absolute atomic E-state index is 0.0621. The fourth-order valence-corrected chi connectivity index (χ4v) is 3.57. The average molecular weight is 391 g/mol. The minimum Gasteiger partial charge on any atom is -0.329 e. The molecule has 1 aromatic heterocycles. The number of alkyl halides is 3. The molecule has 0 saturated carbocycles. The van der Waals surface area contributed by atoms with E-state index >= 15 is 0 Å². The van der Waals surface area contributed by atoms with Gasteiger partial charge in [-0.3, -0.25) is 0 Å². The van der Waals surface area contributed by atoms with Crippen molar-refractivity contribution in [1.29, 1.82) is 0 Å². The molecule has 12 heteroatoms. The zero-order chi connectivity index (χ0) is 18.8. The fourth-order valence-electron chi connectivity index (χ4n) is 2.38. The normalized spacial score (nSPS) is 16.7. The number of piperazine rings is 1. The topological polar surface area (TPSA) is 100 Å². The van der Waals surface area contributed by atoms with E-state index in [-0.39, 0.29) is 12.4 Å². The monoisotopic (exact) mass is 391 g/mol. The highest BCUT2D eigenvalue weighted by Crippen LogP contribution is 2.29. The van der Waals surface area contributed by atoms with Gasteiger partial charge in [-0.15, -0.1) is 0 Å². The quantitative estimate of drug-likeness (QED) is 0.789. The summed E-state index contributed by atoms with van der Waals surface area (Å²) >= 11 is 0. The maximum atomic E-state index is 12.5. The molecule has 0 amide bonds. The molecular weight excluding hydrogens is 375 g/mol. The van der Waals surface area contributed by atoms with Crippen LogP contribution in [0.15, 0.2) is 28.8 Å². The number of hydrogen-bond acceptors (Lipinski definition) is 6. The molecule has 0 bridgehead atoms. The second-order valence-corrected chi connectivity index (χ2v) is 7.35. The van der Waals surface area contributed by atoms with Gasteiger partial charge in [0.05, 0.1) is 0 Å². The fraction of sp³-hybridized carbons (Fsp3) is 0.429. The Morgan fingerprint density at radius 3 is 2.42 bits per heavy atom. The van der Waals surface area contributed by atoms with Crippen molar-refractivity contribution in [2.24, 2.45) is 0 Å². The van der Waals surface area contributed by atoms with E-state index in [1.807, 2.05) is 0 Å². The average Bonchev–Trinajstić information content (AvgIpc) is 3.12. The second kappa shape index (κ2) is 7.31. The Kier molecular flexibility index (Phi) is 5.27. The number of hydrogen-bond donors (Lipinski definition) is 2. The lowest BCUT2D eigenvalue weighted by Crippen LogP contribution is -2.50. The molecule has 1 aromatic carbocycles. The molecule has 2 heterocycles. The van der Waals surface area contributed by atoms with Crippen molar-refractivity contribution in [1.82, 2.24) is 24.5 Å². The summed E-state index contributed by atoms with van der Waals surface area (Å²) in [5, 5.41) is 6.37. The molecule has 0 unspecified atom stereocenters. The summed E-state index contributed by atoms with van der Waals surface area (Å²) in [6.07, 6.45) is -4.70. The van der Waals surface area contributed by atoms with Gasteiger partial charge in [0.2, 0.25) is 5.82 Å². The first-order valence-corrected chi connectivity index (χ1v) is 9.15. The Labute approximate surface area is 147 Å². The van der Waals surface area contributed by atoms with E-state index in [9.17, 15) is 21.6 Å². The second-order valence-electron chi connectivity index (χ2n) is 5.59. The molecule has 0 aliphatic carbocycles. The molecular formula is C14H16F3N5O3S. The van der Waals surface area contributed by atoms with Crippen LogP contribution in [-0.4, -0.2) is 49.0 Å². The van der Waals surface area contributed by atoms with Crippen molar-refractivity contribution >= 4 is 10.2 Å². The van der Waals surface area contributed by atoms with Crippen molar-refractivity contribution in [3.63, 3.8) is 0 Å². The molecule has 1 fully saturated rings. The molecule has 8 nitrogen and oxygen atoms in total. The summed E-state index contributed by atoms with van der Waals surface area (Å²) in [6, 6.07) is 6.16. The lowest BCUT2D eigenvalue weighted by molar-refractivity contribution is -0.159. The Hall–Kier alpha value is -2.02. The van der Waals surface area contributed by atoms with Crippen molar-refractivity contribution < 1.29 is 26.1 Å². The SMILES string of the molecule is O=S(=O)(NCc1ccc(-c2noc(C(F)(F)F)n2)cc1)N1CCNCC1. The van der Waals surface area contributed by atoms with Gasteiger partial charge in [0.15, 0.2) is 0 Å². The molecule has 2 N–H and O–H groups in total. The molecule has 0 radical (unpaired) electrons. The zero-order valence-electron chi connectivity index (χ0n) is 13.5. The van der Waals surface area contributed by atoms with E-state index < -0.39 is 22.3 Å². The predicted molar refractivity (Wildman–Crippen MR) is 84.9 cm³/mol.